The topological polar surface area (TPSA) is 26.0 Å². The fourth-order valence-electron chi connectivity index (χ4n) is 1.97. The fraction of sp³-hybridized carbons (Fsp3) is 0.250. The monoisotopic (exact) mass is 257 g/mol. The first-order valence-corrected chi connectivity index (χ1v) is 7.35. The molecule has 0 saturated carbocycles. The van der Waals surface area contributed by atoms with Crippen LogP contribution >= 0.6 is 11.8 Å². The van der Waals surface area contributed by atoms with Gasteiger partial charge in [0.1, 0.15) is 0 Å². The van der Waals surface area contributed by atoms with Crippen LogP contribution in [0.1, 0.15) is 22.7 Å². The average Bonchev–Trinajstić information content (AvgIpc) is 2.40. The van der Waals surface area contributed by atoms with Gasteiger partial charge in [0.05, 0.1) is 0 Å². The highest BCUT2D eigenvalue weighted by molar-refractivity contribution is 7.98. The molecule has 0 radical (unpaired) electrons. The van der Waals surface area contributed by atoms with E-state index in [-0.39, 0.29) is 6.04 Å². The maximum atomic E-state index is 6.24. The quantitative estimate of drug-likeness (QED) is 0.878. The number of thioether (sulfide) groups is 1. The molecule has 2 aromatic carbocycles. The Morgan fingerprint density at radius 3 is 2.39 bits per heavy atom. The van der Waals surface area contributed by atoms with E-state index in [1.165, 1.54) is 16.7 Å². The van der Waals surface area contributed by atoms with Crippen molar-refractivity contribution in [2.75, 3.05) is 5.75 Å². The van der Waals surface area contributed by atoms with Gasteiger partial charge in [-0.3, -0.25) is 0 Å². The highest BCUT2D eigenvalue weighted by Gasteiger charge is 2.08. The molecule has 2 rings (SSSR count). The second-order valence-corrected chi connectivity index (χ2v) is 5.49. The largest absolute Gasteiger partial charge is 0.323 e. The van der Waals surface area contributed by atoms with E-state index in [2.05, 4.69) is 55.5 Å². The Balaban J connectivity index is 1.86. The number of hydrogen-bond donors (Lipinski definition) is 1. The molecule has 0 spiro atoms. The molecule has 2 heteroatoms. The Morgan fingerprint density at radius 2 is 1.67 bits per heavy atom. The molecule has 0 aliphatic carbocycles. The lowest BCUT2D eigenvalue weighted by atomic mass is 10.0. The van der Waals surface area contributed by atoms with Crippen LogP contribution in [0.2, 0.25) is 0 Å². The highest BCUT2D eigenvalue weighted by Crippen LogP contribution is 2.21. The molecular formula is C16H19NS. The predicted molar refractivity (Wildman–Crippen MR) is 80.7 cm³/mol. The highest BCUT2D eigenvalue weighted by atomic mass is 32.2. The summed E-state index contributed by atoms with van der Waals surface area (Å²) in [5, 5.41) is 0. The molecule has 0 aliphatic rings. The van der Waals surface area contributed by atoms with Crippen LogP contribution in [-0.4, -0.2) is 5.75 Å². The summed E-state index contributed by atoms with van der Waals surface area (Å²) in [6, 6.07) is 19.0. The molecule has 0 fully saturated rings. The maximum Gasteiger partial charge on any atom is 0.0389 e. The van der Waals surface area contributed by atoms with Gasteiger partial charge in [0, 0.05) is 17.5 Å². The van der Waals surface area contributed by atoms with Gasteiger partial charge in [0.2, 0.25) is 0 Å². The third-order valence-electron chi connectivity index (χ3n) is 3.00. The van der Waals surface area contributed by atoms with Gasteiger partial charge in [-0.05, 0) is 23.6 Å². The van der Waals surface area contributed by atoms with Crippen molar-refractivity contribution in [1.29, 1.82) is 0 Å². The van der Waals surface area contributed by atoms with E-state index in [1.54, 1.807) is 0 Å². The van der Waals surface area contributed by atoms with Crippen LogP contribution in [0.4, 0.5) is 0 Å². The Labute approximate surface area is 113 Å². The van der Waals surface area contributed by atoms with Crippen LogP contribution < -0.4 is 5.73 Å². The molecule has 2 N–H and O–H groups in total. The predicted octanol–water partition coefficient (Wildman–Crippen LogP) is 3.93. The van der Waals surface area contributed by atoms with Gasteiger partial charge in [-0.15, -0.1) is 0 Å². The summed E-state index contributed by atoms with van der Waals surface area (Å²) in [4.78, 5) is 0. The first-order chi connectivity index (χ1) is 8.77. The van der Waals surface area contributed by atoms with Crippen molar-refractivity contribution in [2.45, 2.75) is 18.7 Å². The Bertz CT molecular complexity index is 481. The van der Waals surface area contributed by atoms with Gasteiger partial charge in [0.15, 0.2) is 0 Å². The van der Waals surface area contributed by atoms with Gasteiger partial charge in [-0.2, -0.15) is 11.8 Å². The van der Waals surface area contributed by atoms with Crippen LogP contribution in [0.25, 0.3) is 0 Å². The maximum absolute atomic E-state index is 6.24. The number of benzene rings is 2. The SMILES string of the molecule is Cc1ccccc1C(N)CSCc1ccccc1. The normalized spacial score (nSPS) is 12.3. The fourth-order valence-corrected chi connectivity index (χ4v) is 2.95. The van der Waals surface area contributed by atoms with Crippen LogP contribution in [0.5, 0.6) is 0 Å². The molecule has 1 nitrogen and oxygen atoms in total. The van der Waals surface area contributed by atoms with E-state index < -0.39 is 0 Å². The molecule has 0 aliphatic heterocycles. The van der Waals surface area contributed by atoms with Gasteiger partial charge in [-0.25, -0.2) is 0 Å². The van der Waals surface area contributed by atoms with Crippen LogP contribution in [0, 0.1) is 6.92 Å². The van der Waals surface area contributed by atoms with Crippen molar-refractivity contribution in [1.82, 2.24) is 0 Å². The lowest BCUT2D eigenvalue weighted by molar-refractivity contribution is 0.822. The van der Waals surface area contributed by atoms with E-state index >= 15 is 0 Å². The van der Waals surface area contributed by atoms with E-state index in [0.29, 0.717) is 0 Å². The molecule has 0 amide bonds. The van der Waals surface area contributed by atoms with Crippen molar-refractivity contribution in [2.24, 2.45) is 5.73 Å². The number of aryl methyl sites for hydroxylation is 1. The molecule has 0 saturated heterocycles. The van der Waals surface area contributed by atoms with E-state index in [4.69, 9.17) is 5.73 Å². The second-order valence-electron chi connectivity index (χ2n) is 4.46. The Kier molecular flexibility index (Phi) is 4.85. The minimum absolute atomic E-state index is 0.125. The summed E-state index contributed by atoms with van der Waals surface area (Å²) in [5.74, 6) is 1.99. The lowest BCUT2D eigenvalue weighted by Crippen LogP contribution is -2.14. The zero-order chi connectivity index (χ0) is 12.8. The van der Waals surface area contributed by atoms with E-state index in [0.717, 1.165) is 11.5 Å². The third kappa shape index (κ3) is 3.62. The van der Waals surface area contributed by atoms with Crippen LogP contribution in [-0.2, 0) is 5.75 Å². The number of nitrogens with two attached hydrogens (primary N) is 1. The van der Waals surface area contributed by atoms with Crippen molar-refractivity contribution < 1.29 is 0 Å². The van der Waals surface area contributed by atoms with Gasteiger partial charge >= 0.3 is 0 Å². The van der Waals surface area contributed by atoms with Gasteiger partial charge in [-0.1, -0.05) is 54.6 Å². The van der Waals surface area contributed by atoms with Gasteiger partial charge in [0.25, 0.3) is 0 Å². The third-order valence-corrected chi connectivity index (χ3v) is 4.13. The Hall–Kier alpha value is -1.25. The molecule has 0 bridgehead atoms. The van der Waals surface area contributed by atoms with Crippen molar-refractivity contribution in [3.05, 3.63) is 71.3 Å². The summed E-state index contributed by atoms with van der Waals surface area (Å²) in [6.07, 6.45) is 0. The summed E-state index contributed by atoms with van der Waals surface area (Å²) >= 11 is 1.89. The molecular weight excluding hydrogens is 238 g/mol. The lowest BCUT2D eigenvalue weighted by Gasteiger charge is -2.14. The molecule has 2 aromatic rings. The van der Waals surface area contributed by atoms with Crippen molar-refractivity contribution in [3.8, 4) is 0 Å². The zero-order valence-corrected chi connectivity index (χ0v) is 11.5. The summed E-state index contributed by atoms with van der Waals surface area (Å²) in [7, 11) is 0. The van der Waals surface area contributed by atoms with Crippen LogP contribution in [0.3, 0.4) is 0 Å². The van der Waals surface area contributed by atoms with Crippen LogP contribution in [0.15, 0.2) is 54.6 Å². The molecule has 94 valence electrons. The Morgan fingerprint density at radius 1 is 1.00 bits per heavy atom. The number of hydrogen-bond acceptors (Lipinski definition) is 2. The van der Waals surface area contributed by atoms with Crippen molar-refractivity contribution >= 4 is 11.8 Å². The first-order valence-electron chi connectivity index (χ1n) is 6.20. The molecule has 1 atom stereocenters. The van der Waals surface area contributed by atoms with Gasteiger partial charge < -0.3 is 5.73 Å². The minimum atomic E-state index is 0.125. The van der Waals surface area contributed by atoms with Crippen molar-refractivity contribution in [3.63, 3.8) is 0 Å². The second kappa shape index (κ2) is 6.62. The molecule has 1 unspecified atom stereocenters. The van der Waals surface area contributed by atoms with E-state index in [9.17, 15) is 0 Å². The standard InChI is InChI=1S/C16H19NS/c1-13-7-5-6-10-15(13)16(17)12-18-11-14-8-3-2-4-9-14/h2-10,16H,11-12,17H2,1H3. The molecule has 0 aromatic heterocycles. The summed E-state index contributed by atoms with van der Waals surface area (Å²) < 4.78 is 0. The minimum Gasteiger partial charge on any atom is -0.323 e. The molecule has 0 heterocycles. The first kappa shape index (κ1) is 13.2. The smallest absolute Gasteiger partial charge is 0.0389 e. The van der Waals surface area contributed by atoms with E-state index in [1.807, 2.05) is 17.8 Å². The average molecular weight is 257 g/mol. The summed E-state index contributed by atoms with van der Waals surface area (Å²) in [5.41, 5.74) is 10.1. The zero-order valence-electron chi connectivity index (χ0n) is 10.7. The summed E-state index contributed by atoms with van der Waals surface area (Å²) in [6.45, 7) is 2.12. The molecule has 18 heavy (non-hydrogen) atoms. The number of rotatable bonds is 5.